The fourth-order valence-corrected chi connectivity index (χ4v) is 0.678. The lowest BCUT2D eigenvalue weighted by atomic mass is 10.5. The molecule has 1 N–H and O–H groups in total. The van der Waals surface area contributed by atoms with Crippen molar-refractivity contribution in [1.82, 2.24) is 5.32 Å². The summed E-state index contributed by atoms with van der Waals surface area (Å²) in [6.07, 6.45) is 6.04. The van der Waals surface area contributed by atoms with Gasteiger partial charge in [0.25, 0.3) is 0 Å². The van der Waals surface area contributed by atoms with Crippen LogP contribution in [0.2, 0.25) is 0 Å². The lowest BCUT2D eigenvalue weighted by Crippen LogP contribution is -2.23. The highest BCUT2D eigenvalue weighted by Crippen LogP contribution is 1.78. The summed E-state index contributed by atoms with van der Waals surface area (Å²) in [6, 6.07) is 0. The second-order valence-electron chi connectivity index (χ2n) is 1.79. The van der Waals surface area contributed by atoms with E-state index in [9.17, 15) is 0 Å². The van der Waals surface area contributed by atoms with Crippen molar-refractivity contribution in [3.63, 3.8) is 0 Å². The first-order valence-electron chi connectivity index (χ1n) is 2.92. The van der Waals surface area contributed by atoms with Crippen LogP contribution in [0, 0.1) is 0 Å². The summed E-state index contributed by atoms with van der Waals surface area (Å²) in [7, 11) is 0. The first-order chi connectivity index (χ1) is 3.93. The van der Waals surface area contributed by atoms with E-state index in [1.807, 2.05) is 12.5 Å². The smallest absolute Gasteiger partial charge is 0.236 e. The molecule has 0 spiro atoms. The molecule has 1 aliphatic rings. The second kappa shape index (κ2) is 2.50. The van der Waals surface area contributed by atoms with Crippen molar-refractivity contribution in [2.45, 2.75) is 6.92 Å². The molecule has 0 aromatic heterocycles. The third-order valence-corrected chi connectivity index (χ3v) is 1.22. The maximum Gasteiger partial charge on any atom is 0.236 e. The molecule has 44 valence electrons. The molecule has 0 saturated heterocycles. The highest BCUT2D eigenvalue weighted by molar-refractivity contribution is 5.50. The van der Waals surface area contributed by atoms with Crippen molar-refractivity contribution in [3.8, 4) is 0 Å². The van der Waals surface area contributed by atoms with Crippen LogP contribution in [0.3, 0.4) is 0 Å². The average molecular weight is 111 g/mol. The average Bonchev–Trinajstić information content (AvgIpc) is 1.90. The van der Waals surface area contributed by atoms with E-state index >= 15 is 0 Å². The summed E-state index contributed by atoms with van der Waals surface area (Å²) in [5, 5.41) is 3.01. The van der Waals surface area contributed by atoms with Gasteiger partial charge in [-0.05, 0) is 13.0 Å². The lowest BCUT2D eigenvalue weighted by Gasteiger charge is -2.01. The molecule has 0 amide bonds. The molecule has 0 bridgehead atoms. The van der Waals surface area contributed by atoms with Crippen molar-refractivity contribution in [2.24, 2.45) is 0 Å². The van der Waals surface area contributed by atoms with Gasteiger partial charge >= 0.3 is 0 Å². The van der Waals surface area contributed by atoms with Crippen LogP contribution >= 0.6 is 0 Å². The Balaban J connectivity index is 2.43. The zero-order valence-corrected chi connectivity index (χ0v) is 5.09. The molecule has 0 aliphatic carbocycles. The summed E-state index contributed by atoms with van der Waals surface area (Å²) >= 11 is 0. The Morgan fingerprint density at radius 1 is 1.75 bits per heavy atom. The summed E-state index contributed by atoms with van der Waals surface area (Å²) < 4.78 is 2.19. The number of nitrogens with zero attached hydrogens (tertiary/aromatic N) is 1. The molecule has 2 nitrogen and oxygen atoms in total. The van der Waals surface area contributed by atoms with Crippen molar-refractivity contribution < 1.29 is 4.58 Å². The van der Waals surface area contributed by atoms with Gasteiger partial charge in [-0.15, -0.1) is 0 Å². The van der Waals surface area contributed by atoms with Gasteiger partial charge in [-0.3, -0.25) is 9.89 Å². The van der Waals surface area contributed by atoms with Gasteiger partial charge in [-0.2, -0.15) is 0 Å². The van der Waals surface area contributed by atoms with Gasteiger partial charge in [0.15, 0.2) is 0 Å². The maximum absolute atomic E-state index is 3.01. The van der Waals surface area contributed by atoms with Gasteiger partial charge in [-0.25, -0.2) is 0 Å². The molecular weight excluding hydrogens is 100 g/mol. The minimum absolute atomic E-state index is 1.05. The van der Waals surface area contributed by atoms with E-state index in [2.05, 4.69) is 22.9 Å². The highest BCUT2D eigenvalue weighted by Gasteiger charge is 1.95. The number of hydrogen-bond donors (Lipinski definition) is 1. The Kier molecular flexibility index (Phi) is 1.67. The third kappa shape index (κ3) is 1.09. The van der Waals surface area contributed by atoms with E-state index in [1.165, 1.54) is 0 Å². The van der Waals surface area contributed by atoms with Crippen molar-refractivity contribution in [1.29, 1.82) is 0 Å². The topological polar surface area (TPSA) is 15.0 Å². The molecule has 0 aromatic carbocycles. The third-order valence-electron chi connectivity index (χ3n) is 1.22. The van der Waals surface area contributed by atoms with Crippen molar-refractivity contribution in [2.75, 3.05) is 13.1 Å². The van der Waals surface area contributed by atoms with Gasteiger partial charge in [0.1, 0.15) is 6.54 Å². The number of rotatable bonds is 1. The first kappa shape index (κ1) is 5.35. The van der Waals surface area contributed by atoms with Gasteiger partial charge in [0, 0.05) is 0 Å². The molecule has 8 heavy (non-hydrogen) atoms. The Labute approximate surface area is 49.5 Å². The van der Waals surface area contributed by atoms with E-state index in [0.717, 1.165) is 13.1 Å². The van der Waals surface area contributed by atoms with Crippen LogP contribution in [0.15, 0.2) is 12.3 Å². The van der Waals surface area contributed by atoms with E-state index in [-0.39, 0.29) is 0 Å². The summed E-state index contributed by atoms with van der Waals surface area (Å²) in [5.74, 6) is 0. The molecule has 0 saturated carbocycles. The zero-order chi connectivity index (χ0) is 5.82. The Morgan fingerprint density at radius 2 is 2.62 bits per heavy atom. The number of likely N-dealkylation sites (N-methyl/N-ethyl adjacent to an activating group) is 1. The minimum Gasteiger partial charge on any atom is -0.265 e. The molecule has 2 heteroatoms. The summed E-state index contributed by atoms with van der Waals surface area (Å²) in [4.78, 5) is 0. The molecule has 1 rings (SSSR count). The van der Waals surface area contributed by atoms with Crippen LogP contribution < -0.4 is 5.32 Å². The van der Waals surface area contributed by atoms with E-state index in [0.29, 0.717) is 0 Å². The van der Waals surface area contributed by atoms with Gasteiger partial charge in [0.2, 0.25) is 6.34 Å². The largest absolute Gasteiger partial charge is 0.265 e. The minimum atomic E-state index is 1.05. The van der Waals surface area contributed by atoms with Crippen LogP contribution in [0.25, 0.3) is 0 Å². The van der Waals surface area contributed by atoms with Gasteiger partial charge < -0.3 is 0 Å². The fraction of sp³-hybridized carbons (Fsp3) is 0.500. The van der Waals surface area contributed by atoms with Crippen LogP contribution in [-0.4, -0.2) is 24.0 Å². The second-order valence-corrected chi connectivity index (χ2v) is 1.79. The Morgan fingerprint density at radius 3 is 3.00 bits per heavy atom. The molecular formula is C6H11N2+. The maximum atomic E-state index is 3.01. The van der Waals surface area contributed by atoms with E-state index < -0.39 is 0 Å². The Hall–Kier alpha value is -0.790. The quantitative estimate of drug-likeness (QED) is 0.476. The fourth-order valence-electron chi connectivity index (χ4n) is 0.678. The van der Waals surface area contributed by atoms with E-state index in [4.69, 9.17) is 0 Å². The predicted molar refractivity (Wildman–Crippen MR) is 34.0 cm³/mol. The summed E-state index contributed by atoms with van der Waals surface area (Å²) in [6.45, 7) is 4.26. The van der Waals surface area contributed by atoms with Crippen LogP contribution in [-0.2, 0) is 0 Å². The summed E-state index contributed by atoms with van der Waals surface area (Å²) in [5.41, 5.74) is 0. The highest BCUT2D eigenvalue weighted by atomic mass is 15.1. The molecule has 1 aliphatic heterocycles. The number of nitrogens with one attached hydrogen (secondary N) is 1. The van der Waals surface area contributed by atoms with Gasteiger partial charge in [0.05, 0.1) is 12.7 Å². The van der Waals surface area contributed by atoms with Crippen LogP contribution in [0.1, 0.15) is 6.92 Å². The Bertz CT molecular complexity index is 124. The molecule has 0 unspecified atom stereocenters. The molecule has 0 fully saturated rings. The van der Waals surface area contributed by atoms with E-state index in [1.54, 1.807) is 0 Å². The van der Waals surface area contributed by atoms with Crippen molar-refractivity contribution in [3.05, 3.63) is 12.3 Å². The van der Waals surface area contributed by atoms with Crippen LogP contribution in [0.4, 0.5) is 0 Å². The molecule has 0 aromatic rings. The zero-order valence-electron chi connectivity index (χ0n) is 5.09. The number of hydrogen-bond acceptors (Lipinski definition) is 1. The monoisotopic (exact) mass is 111 g/mol. The SMILES string of the molecule is CC[N+]1=CNC=CC1. The molecule has 0 atom stereocenters. The molecule has 0 radical (unpaired) electrons. The molecule has 1 heterocycles. The van der Waals surface area contributed by atoms with Crippen LogP contribution in [0.5, 0.6) is 0 Å². The first-order valence-corrected chi connectivity index (χ1v) is 2.92. The standard InChI is InChI=1S/C6H10N2/c1-2-8-5-3-4-7-6-8/h3-4,6H,2,5H2,1H3/p+1. The normalized spacial score (nSPS) is 17.4. The lowest BCUT2D eigenvalue weighted by molar-refractivity contribution is -0.512. The van der Waals surface area contributed by atoms with Crippen molar-refractivity contribution >= 4 is 6.34 Å². The van der Waals surface area contributed by atoms with Gasteiger partial charge in [-0.1, -0.05) is 0 Å². The predicted octanol–water partition coefficient (Wildman–Crippen LogP) is 0.164.